The summed E-state index contributed by atoms with van der Waals surface area (Å²) in [6.07, 6.45) is -0.939. The van der Waals surface area contributed by atoms with Gasteiger partial charge in [0.05, 0.1) is 4.92 Å². The first-order chi connectivity index (χ1) is 11.8. The van der Waals surface area contributed by atoms with Crippen molar-refractivity contribution in [3.8, 4) is 5.75 Å². The van der Waals surface area contributed by atoms with E-state index in [4.69, 9.17) is 4.74 Å². The van der Waals surface area contributed by atoms with E-state index in [0.29, 0.717) is 11.3 Å². The fraction of sp³-hybridized carbons (Fsp3) is 0.176. The van der Waals surface area contributed by atoms with Gasteiger partial charge in [-0.25, -0.2) is 0 Å². The predicted octanol–water partition coefficient (Wildman–Crippen LogP) is 3.34. The number of Topliss-reactive ketones (excluding diaryl/α,β-unsaturated/α-hetero) is 1. The van der Waals surface area contributed by atoms with Crippen molar-refractivity contribution >= 4 is 23.1 Å². The number of hydrogen-bond donors (Lipinski definition) is 1. The molecular weight excluding hydrogens is 331 g/mol. The first-order valence-electron chi connectivity index (χ1n) is 7.30. The molecule has 1 N–H and O–H groups in total. The summed E-state index contributed by atoms with van der Waals surface area (Å²) >= 11 is 0. The number of hydrogen-bond acceptors (Lipinski definition) is 5. The maximum absolute atomic E-state index is 13.3. The molecule has 2 rings (SSSR count). The second kappa shape index (κ2) is 7.52. The van der Waals surface area contributed by atoms with Gasteiger partial charge >= 0.3 is 5.69 Å². The molecule has 130 valence electrons. The lowest BCUT2D eigenvalue weighted by Crippen LogP contribution is -2.30. The number of benzene rings is 2. The molecule has 8 heteroatoms. The first kappa shape index (κ1) is 18.1. The summed E-state index contributed by atoms with van der Waals surface area (Å²) in [5.41, 5.74) is -0.217. The highest BCUT2D eigenvalue weighted by Crippen LogP contribution is 2.22. The van der Waals surface area contributed by atoms with Crippen LogP contribution in [0.15, 0.2) is 42.5 Å². The zero-order valence-corrected chi connectivity index (χ0v) is 13.5. The van der Waals surface area contributed by atoms with Gasteiger partial charge in [0.1, 0.15) is 5.75 Å². The molecule has 0 aliphatic heterocycles. The third-order valence-electron chi connectivity index (χ3n) is 3.33. The van der Waals surface area contributed by atoms with Gasteiger partial charge in [-0.2, -0.15) is 4.39 Å². The summed E-state index contributed by atoms with van der Waals surface area (Å²) in [4.78, 5) is 33.3. The van der Waals surface area contributed by atoms with Crippen LogP contribution in [0.2, 0.25) is 0 Å². The van der Waals surface area contributed by atoms with Gasteiger partial charge in [-0.3, -0.25) is 19.7 Å². The lowest BCUT2D eigenvalue weighted by molar-refractivity contribution is -0.387. The van der Waals surface area contributed by atoms with Gasteiger partial charge in [0.15, 0.2) is 11.9 Å². The van der Waals surface area contributed by atoms with E-state index in [1.165, 1.54) is 26.0 Å². The molecular formula is C17H15FN2O5. The molecule has 0 spiro atoms. The molecule has 2 aromatic carbocycles. The predicted molar refractivity (Wildman–Crippen MR) is 88.2 cm³/mol. The van der Waals surface area contributed by atoms with E-state index >= 15 is 0 Å². The van der Waals surface area contributed by atoms with Gasteiger partial charge in [0.2, 0.25) is 5.82 Å². The minimum Gasteiger partial charge on any atom is -0.481 e. The van der Waals surface area contributed by atoms with Crippen molar-refractivity contribution in [1.29, 1.82) is 0 Å². The molecule has 0 fully saturated rings. The fourth-order valence-electron chi connectivity index (χ4n) is 2.02. The van der Waals surface area contributed by atoms with Crippen LogP contribution in [0.1, 0.15) is 24.2 Å². The first-order valence-corrected chi connectivity index (χ1v) is 7.30. The van der Waals surface area contributed by atoms with Crippen molar-refractivity contribution in [2.75, 3.05) is 5.32 Å². The molecule has 2 aromatic rings. The van der Waals surface area contributed by atoms with E-state index in [1.807, 2.05) is 0 Å². The number of amides is 1. The van der Waals surface area contributed by atoms with E-state index in [2.05, 4.69) is 5.32 Å². The standard InChI is InChI=1S/C17H15FN2O5/c1-10(21)12-4-3-5-14(8-12)25-11(2)17(22)19-13-6-7-15(18)16(9-13)20(23)24/h3-9,11H,1-2H3,(H,19,22). The lowest BCUT2D eigenvalue weighted by Gasteiger charge is -2.15. The average molecular weight is 346 g/mol. The molecule has 25 heavy (non-hydrogen) atoms. The normalized spacial score (nSPS) is 11.5. The Balaban J connectivity index is 2.08. The Bertz CT molecular complexity index is 838. The highest BCUT2D eigenvalue weighted by molar-refractivity contribution is 5.95. The highest BCUT2D eigenvalue weighted by atomic mass is 19.1. The number of nitrogens with zero attached hydrogens (tertiary/aromatic N) is 1. The monoisotopic (exact) mass is 346 g/mol. The maximum atomic E-state index is 13.3. The van der Waals surface area contributed by atoms with Crippen LogP contribution in [-0.2, 0) is 4.79 Å². The summed E-state index contributed by atoms with van der Waals surface area (Å²) in [5.74, 6) is -1.37. The third kappa shape index (κ3) is 4.60. The summed E-state index contributed by atoms with van der Waals surface area (Å²) < 4.78 is 18.8. The van der Waals surface area contributed by atoms with Gasteiger partial charge in [-0.05, 0) is 38.1 Å². The van der Waals surface area contributed by atoms with Crippen molar-refractivity contribution in [3.63, 3.8) is 0 Å². The largest absolute Gasteiger partial charge is 0.481 e. The van der Waals surface area contributed by atoms with Crippen LogP contribution < -0.4 is 10.1 Å². The van der Waals surface area contributed by atoms with E-state index < -0.39 is 28.4 Å². The molecule has 0 saturated heterocycles. The Kier molecular flexibility index (Phi) is 5.43. The van der Waals surface area contributed by atoms with Crippen LogP contribution >= 0.6 is 0 Å². The molecule has 0 heterocycles. The number of nitro groups is 1. The number of rotatable bonds is 6. The minimum absolute atomic E-state index is 0.0750. The Morgan fingerprint density at radius 3 is 2.60 bits per heavy atom. The number of ketones is 1. The SMILES string of the molecule is CC(=O)c1cccc(OC(C)C(=O)Nc2ccc(F)c([N+](=O)[O-])c2)c1. The van der Waals surface area contributed by atoms with E-state index in [0.717, 1.165) is 12.1 Å². The Labute approximate surface area is 142 Å². The van der Waals surface area contributed by atoms with Crippen molar-refractivity contribution in [3.05, 3.63) is 64.0 Å². The van der Waals surface area contributed by atoms with E-state index in [9.17, 15) is 24.1 Å². The molecule has 0 aliphatic carbocycles. The summed E-state index contributed by atoms with van der Waals surface area (Å²) in [6, 6.07) is 9.39. The fourth-order valence-corrected chi connectivity index (χ4v) is 2.02. The Morgan fingerprint density at radius 2 is 1.96 bits per heavy atom. The zero-order chi connectivity index (χ0) is 18.6. The van der Waals surface area contributed by atoms with Gasteiger partial charge in [-0.1, -0.05) is 12.1 Å². The molecule has 0 saturated carbocycles. The Morgan fingerprint density at radius 1 is 1.24 bits per heavy atom. The summed E-state index contributed by atoms with van der Waals surface area (Å²) in [7, 11) is 0. The average Bonchev–Trinajstić information content (AvgIpc) is 2.56. The van der Waals surface area contributed by atoms with E-state index in [1.54, 1.807) is 18.2 Å². The maximum Gasteiger partial charge on any atom is 0.306 e. The van der Waals surface area contributed by atoms with Crippen molar-refractivity contribution in [2.45, 2.75) is 20.0 Å². The number of nitrogens with one attached hydrogen (secondary N) is 1. The molecule has 1 unspecified atom stereocenters. The summed E-state index contributed by atoms with van der Waals surface area (Å²) in [6.45, 7) is 2.89. The summed E-state index contributed by atoms with van der Waals surface area (Å²) in [5, 5.41) is 13.1. The van der Waals surface area contributed by atoms with Crippen molar-refractivity contribution in [2.24, 2.45) is 0 Å². The van der Waals surface area contributed by atoms with Crippen LogP contribution in [0.4, 0.5) is 15.8 Å². The molecule has 0 radical (unpaired) electrons. The number of ether oxygens (including phenoxy) is 1. The van der Waals surface area contributed by atoms with Crippen LogP contribution in [0.5, 0.6) is 5.75 Å². The number of halogens is 1. The van der Waals surface area contributed by atoms with Crippen LogP contribution in [0, 0.1) is 15.9 Å². The minimum atomic E-state index is -0.992. The lowest BCUT2D eigenvalue weighted by atomic mass is 10.1. The smallest absolute Gasteiger partial charge is 0.306 e. The topological polar surface area (TPSA) is 98.5 Å². The van der Waals surface area contributed by atoms with Crippen molar-refractivity contribution in [1.82, 2.24) is 0 Å². The number of nitro benzene ring substituents is 1. The second-order valence-electron chi connectivity index (χ2n) is 5.26. The van der Waals surface area contributed by atoms with Crippen LogP contribution in [0.25, 0.3) is 0 Å². The van der Waals surface area contributed by atoms with Crippen molar-refractivity contribution < 1.29 is 23.6 Å². The third-order valence-corrected chi connectivity index (χ3v) is 3.33. The Hall–Kier alpha value is -3.29. The second-order valence-corrected chi connectivity index (χ2v) is 5.26. The number of carbonyl (C=O) groups is 2. The molecule has 7 nitrogen and oxygen atoms in total. The number of anilines is 1. The van der Waals surface area contributed by atoms with Gasteiger partial charge in [0.25, 0.3) is 5.91 Å². The quantitative estimate of drug-likeness (QED) is 0.491. The molecule has 0 aliphatic rings. The van der Waals surface area contributed by atoms with Gasteiger partial charge < -0.3 is 10.1 Å². The molecule has 0 bridgehead atoms. The van der Waals surface area contributed by atoms with Crippen LogP contribution in [-0.4, -0.2) is 22.7 Å². The number of carbonyl (C=O) groups excluding carboxylic acids is 2. The molecule has 1 amide bonds. The molecule has 1 atom stereocenters. The highest BCUT2D eigenvalue weighted by Gasteiger charge is 2.19. The zero-order valence-electron chi connectivity index (χ0n) is 13.5. The van der Waals surface area contributed by atoms with Crippen LogP contribution in [0.3, 0.4) is 0 Å². The van der Waals surface area contributed by atoms with Gasteiger partial charge in [0, 0.05) is 17.3 Å². The van der Waals surface area contributed by atoms with Gasteiger partial charge in [-0.15, -0.1) is 0 Å². The molecule has 0 aromatic heterocycles. The van der Waals surface area contributed by atoms with E-state index in [-0.39, 0.29) is 11.5 Å².